The third-order valence-corrected chi connectivity index (χ3v) is 2.18. The summed E-state index contributed by atoms with van der Waals surface area (Å²) in [6.45, 7) is 0. The average molecular weight is 204 g/mol. The third-order valence-electron chi connectivity index (χ3n) is 2.18. The summed E-state index contributed by atoms with van der Waals surface area (Å²) < 4.78 is 0. The van der Waals surface area contributed by atoms with Crippen LogP contribution in [0.15, 0.2) is 24.4 Å². The molecule has 1 aromatic heterocycles. The molecule has 0 aliphatic carbocycles. The molecule has 2 rings (SSSR count). The van der Waals surface area contributed by atoms with Crippen molar-refractivity contribution in [3.8, 4) is 0 Å². The first-order chi connectivity index (χ1) is 7.11. The third kappa shape index (κ3) is 1.32. The Labute approximate surface area is 84.4 Å². The SMILES string of the molecule is N=C(N)c1cccc2c([N+](=O)[O-])c[nH]c12. The molecule has 0 aliphatic rings. The number of nitrogens with zero attached hydrogens (tertiary/aromatic N) is 1. The lowest BCUT2D eigenvalue weighted by molar-refractivity contribution is -0.383. The van der Waals surface area contributed by atoms with Gasteiger partial charge in [-0.1, -0.05) is 6.07 Å². The number of nitrogens with two attached hydrogens (primary N) is 1. The van der Waals surface area contributed by atoms with Crippen LogP contribution in [0.3, 0.4) is 0 Å². The van der Waals surface area contributed by atoms with Crippen LogP contribution in [-0.2, 0) is 0 Å². The van der Waals surface area contributed by atoms with Crippen molar-refractivity contribution in [2.45, 2.75) is 0 Å². The number of H-pyrrole nitrogens is 1. The summed E-state index contributed by atoms with van der Waals surface area (Å²) in [5.41, 5.74) is 6.35. The van der Waals surface area contributed by atoms with Crippen LogP contribution in [0, 0.1) is 15.5 Å². The van der Waals surface area contributed by atoms with Crippen molar-refractivity contribution in [2.24, 2.45) is 5.73 Å². The molecule has 6 heteroatoms. The largest absolute Gasteiger partial charge is 0.384 e. The fourth-order valence-electron chi connectivity index (χ4n) is 1.52. The molecular formula is C9H8N4O2. The number of nitrogens with one attached hydrogen (secondary N) is 2. The quantitative estimate of drug-likeness (QED) is 0.297. The second-order valence-corrected chi connectivity index (χ2v) is 3.07. The Hall–Kier alpha value is -2.37. The Kier molecular flexibility index (Phi) is 1.89. The van der Waals surface area contributed by atoms with Gasteiger partial charge in [0.25, 0.3) is 5.69 Å². The van der Waals surface area contributed by atoms with Crippen molar-refractivity contribution in [1.29, 1.82) is 5.41 Å². The Bertz CT molecular complexity index is 558. The van der Waals surface area contributed by atoms with Gasteiger partial charge < -0.3 is 10.7 Å². The van der Waals surface area contributed by atoms with Gasteiger partial charge in [0.05, 0.1) is 22.0 Å². The van der Waals surface area contributed by atoms with Crippen molar-refractivity contribution in [3.05, 3.63) is 40.1 Å². The van der Waals surface area contributed by atoms with E-state index in [1.807, 2.05) is 0 Å². The number of para-hydroxylation sites is 1. The van der Waals surface area contributed by atoms with Gasteiger partial charge in [0.1, 0.15) is 5.84 Å². The molecule has 0 saturated heterocycles. The van der Waals surface area contributed by atoms with Gasteiger partial charge in [0.15, 0.2) is 0 Å². The normalized spacial score (nSPS) is 10.4. The van der Waals surface area contributed by atoms with Crippen LogP contribution in [0.1, 0.15) is 5.56 Å². The minimum atomic E-state index is -0.469. The Morgan fingerprint density at radius 1 is 1.53 bits per heavy atom. The molecule has 76 valence electrons. The molecule has 0 amide bonds. The van der Waals surface area contributed by atoms with Gasteiger partial charge in [-0.15, -0.1) is 0 Å². The molecular weight excluding hydrogens is 196 g/mol. The van der Waals surface area contributed by atoms with Crippen molar-refractivity contribution in [1.82, 2.24) is 4.98 Å². The molecule has 1 aromatic carbocycles. The van der Waals surface area contributed by atoms with E-state index >= 15 is 0 Å². The predicted octanol–water partition coefficient (Wildman–Crippen LogP) is 1.36. The minimum absolute atomic E-state index is 0.00639. The van der Waals surface area contributed by atoms with Crippen LogP contribution in [0.2, 0.25) is 0 Å². The molecule has 4 N–H and O–H groups in total. The molecule has 0 fully saturated rings. The minimum Gasteiger partial charge on any atom is -0.384 e. The number of aromatic amines is 1. The molecule has 0 aliphatic heterocycles. The van der Waals surface area contributed by atoms with E-state index in [4.69, 9.17) is 11.1 Å². The number of aromatic nitrogens is 1. The topological polar surface area (TPSA) is 109 Å². The van der Waals surface area contributed by atoms with Crippen molar-refractivity contribution >= 4 is 22.4 Å². The number of nitro groups is 1. The van der Waals surface area contributed by atoms with E-state index in [2.05, 4.69) is 4.98 Å². The van der Waals surface area contributed by atoms with E-state index in [0.29, 0.717) is 16.5 Å². The molecule has 0 spiro atoms. The van der Waals surface area contributed by atoms with Gasteiger partial charge in [-0.3, -0.25) is 15.5 Å². The van der Waals surface area contributed by atoms with Gasteiger partial charge in [-0.2, -0.15) is 0 Å². The van der Waals surface area contributed by atoms with Gasteiger partial charge in [0, 0.05) is 5.56 Å². The number of hydrogen-bond donors (Lipinski definition) is 3. The fraction of sp³-hybridized carbons (Fsp3) is 0. The number of amidine groups is 1. The molecule has 0 bridgehead atoms. The van der Waals surface area contributed by atoms with Gasteiger partial charge in [-0.25, -0.2) is 0 Å². The Morgan fingerprint density at radius 3 is 2.87 bits per heavy atom. The zero-order valence-electron chi connectivity index (χ0n) is 7.65. The molecule has 0 unspecified atom stereocenters. The van der Waals surface area contributed by atoms with Crippen molar-refractivity contribution in [3.63, 3.8) is 0 Å². The van der Waals surface area contributed by atoms with Crippen LogP contribution in [-0.4, -0.2) is 15.7 Å². The summed E-state index contributed by atoms with van der Waals surface area (Å²) in [5, 5.41) is 18.4. The number of fused-ring (bicyclic) bond motifs is 1. The van der Waals surface area contributed by atoms with Crippen molar-refractivity contribution < 1.29 is 4.92 Å². The highest BCUT2D eigenvalue weighted by Gasteiger charge is 2.16. The summed E-state index contributed by atoms with van der Waals surface area (Å²) in [7, 11) is 0. The zero-order valence-corrected chi connectivity index (χ0v) is 7.65. The zero-order chi connectivity index (χ0) is 11.0. The van der Waals surface area contributed by atoms with E-state index in [-0.39, 0.29) is 11.5 Å². The predicted molar refractivity (Wildman–Crippen MR) is 56.0 cm³/mol. The van der Waals surface area contributed by atoms with E-state index in [0.717, 1.165) is 0 Å². The molecule has 0 radical (unpaired) electrons. The maximum Gasteiger partial charge on any atom is 0.294 e. The molecule has 6 nitrogen and oxygen atoms in total. The fourth-order valence-corrected chi connectivity index (χ4v) is 1.52. The number of rotatable bonds is 2. The Morgan fingerprint density at radius 2 is 2.27 bits per heavy atom. The molecule has 1 heterocycles. The first-order valence-corrected chi connectivity index (χ1v) is 4.20. The van der Waals surface area contributed by atoms with Gasteiger partial charge in [0.2, 0.25) is 0 Å². The van der Waals surface area contributed by atoms with Crippen molar-refractivity contribution in [2.75, 3.05) is 0 Å². The molecule has 15 heavy (non-hydrogen) atoms. The van der Waals surface area contributed by atoms with Crippen LogP contribution in [0.25, 0.3) is 10.9 Å². The molecule has 2 aromatic rings. The van der Waals surface area contributed by atoms with Gasteiger partial charge >= 0.3 is 0 Å². The first kappa shape index (κ1) is 9.20. The van der Waals surface area contributed by atoms with E-state index < -0.39 is 4.92 Å². The van der Waals surface area contributed by atoms with Crippen LogP contribution in [0.4, 0.5) is 5.69 Å². The summed E-state index contributed by atoms with van der Waals surface area (Å²) in [6.07, 6.45) is 1.30. The second kappa shape index (κ2) is 3.09. The lowest BCUT2D eigenvalue weighted by atomic mass is 10.1. The monoisotopic (exact) mass is 204 g/mol. The highest BCUT2D eigenvalue weighted by molar-refractivity contribution is 6.08. The number of benzene rings is 1. The summed E-state index contributed by atoms with van der Waals surface area (Å²) in [6, 6.07) is 4.90. The summed E-state index contributed by atoms with van der Waals surface area (Å²) in [4.78, 5) is 12.9. The van der Waals surface area contributed by atoms with Crippen LogP contribution < -0.4 is 5.73 Å². The standard InChI is InChI=1S/C9H8N4O2/c10-9(11)6-3-1-2-5-7(13(14)15)4-12-8(5)6/h1-4,12H,(H3,10,11). The van der Waals surface area contributed by atoms with E-state index in [1.54, 1.807) is 18.2 Å². The average Bonchev–Trinajstić information content (AvgIpc) is 2.59. The molecule has 0 saturated carbocycles. The Balaban J connectivity index is 2.80. The maximum atomic E-state index is 10.7. The number of hydrogen-bond acceptors (Lipinski definition) is 3. The highest BCUT2D eigenvalue weighted by Crippen LogP contribution is 2.26. The second-order valence-electron chi connectivity index (χ2n) is 3.07. The summed E-state index contributed by atoms with van der Waals surface area (Å²) in [5.74, 6) is -0.114. The van der Waals surface area contributed by atoms with Crippen LogP contribution >= 0.6 is 0 Å². The lowest BCUT2D eigenvalue weighted by Crippen LogP contribution is -2.11. The summed E-state index contributed by atoms with van der Waals surface area (Å²) >= 11 is 0. The first-order valence-electron chi connectivity index (χ1n) is 4.20. The van der Waals surface area contributed by atoms with E-state index in [1.165, 1.54) is 6.20 Å². The number of nitrogen functional groups attached to an aromatic ring is 1. The maximum absolute atomic E-state index is 10.7. The smallest absolute Gasteiger partial charge is 0.294 e. The lowest BCUT2D eigenvalue weighted by Gasteiger charge is -1.98. The van der Waals surface area contributed by atoms with Crippen LogP contribution in [0.5, 0.6) is 0 Å². The van der Waals surface area contributed by atoms with Gasteiger partial charge in [-0.05, 0) is 12.1 Å². The highest BCUT2D eigenvalue weighted by atomic mass is 16.6. The molecule has 0 atom stereocenters. The van der Waals surface area contributed by atoms with E-state index in [9.17, 15) is 10.1 Å².